The second-order valence-corrected chi connectivity index (χ2v) is 15.4. The van der Waals surface area contributed by atoms with Gasteiger partial charge in [-0.25, -0.2) is 4.79 Å². The van der Waals surface area contributed by atoms with Crippen LogP contribution in [-0.4, -0.2) is 113 Å². The highest BCUT2D eigenvalue weighted by Crippen LogP contribution is 2.33. The number of pyridine rings is 2. The van der Waals surface area contributed by atoms with Crippen LogP contribution in [0.15, 0.2) is 24.5 Å². The van der Waals surface area contributed by atoms with Crippen LogP contribution in [0.1, 0.15) is 77.1 Å². The number of piperidine rings is 1. The van der Waals surface area contributed by atoms with Crippen molar-refractivity contribution in [3.05, 3.63) is 35.9 Å². The number of rotatable bonds is 8. The average molecular weight is 818 g/mol. The molecule has 5 heterocycles. The Morgan fingerprint density at radius 3 is 1.58 bits per heavy atom. The van der Waals surface area contributed by atoms with Crippen molar-refractivity contribution in [2.45, 2.75) is 96.8 Å². The van der Waals surface area contributed by atoms with Crippen LogP contribution in [-0.2, 0) is 27.4 Å². The van der Waals surface area contributed by atoms with E-state index in [0.29, 0.717) is 74.5 Å². The molecule has 4 aliphatic rings. The highest BCUT2D eigenvalue weighted by molar-refractivity contribution is 5.82. The quantitative estimate of drug-likeness (QED) is 0.265. The zero-order valence-corrected chi connectivity index (χ0v) is 32.3. The first-order chi connectivity index (χ1) is 26.9. The molecule has 3 aliphatic heterocycles. The van der Waals surface area contributed by atoms with Gasteiger partial charge in [-0.1, -0.05) is 19.3 Å². The Kier molecular flexibility index (Phi) is 14.2. The SMILES string of the molecule is CC(C)(C)OC(=O)N1CCCC(CN(Cc2cc3c(cn2)OCCO3)C(=O)C(F)(F)F)C1.O=C(N(Cc1cc2c(cn1)OCCO2)CC1CCCCC1)C(F)(F)F. The number of nitrogens with zero attached hydrogens (tertiary/aromatic N) is 5. The van der Waals surface area contributed by atoms with Gasteiger partial charge in [0, 0.05) is 38.3 Å². The fourth-order valence-electron chi connectivity index (χ4n) is 7.04. The number of carbonyl (C=O) groups excluding carboxylic acids is 3. The van der Waals surface area contributed by atoms with Gasteiger partial charge in [0.2, 0.25) is 0 Å². The topological polar surface area (TPSA) is 133 Å². The molecule has 1 saturated heterocycles. The van der Waals surface area contributed by atoms with Gasteiger partial charge in [-0.05, 0) is 58.3 Å². The molecule has 0 radical (unpaired) electrons. The lowest BCUT2D eigenvalue weighted by atomic mass is 9.89. The van der Waals surface area contributed by atoms with Crippen LogP contribution in [0.4, 0.5) is 31.1 Å². The summed E-state index contributed by atoms with van der Waals surface area (Å²) < 4.78 is 106. The van der Waals surface area contributed by atoms with Crippen molar-refractivity contribution >= 4 is 17.9 Å². The van der Waals surface area contributed by atoms with E-state index >= 15 is 0 Å². The summed E-state index contributed by atoms with van der Waals surface area (Å²) in [5.41, 5.74) is -0.0593. The predicted molar refractivity (Wildman–Crippen MR) is 191 cm³/mol. The molecule has 6 rings (SSSR count). The van der Waals surface area contributed by atoms with Crippen LogP contribution in [0.2, 0.25) is 0 Å². The number of amides is 3. The molecule has 1 saturated carbocycles. The molecular weight excluding hydrogens is 768 g/mol. The molecule has 0 N–H and O–H groups in total. The summed E-state index contributed by atoms with van der Waals surface area (Å²) in [7, 11) is 0. The first kappa shape index (κ1) is 43.4. The third-order valence-corrected chi connectivity index (χ3v) is 9.59. The highest BCUT2D eigenvalue weighted by atomic mass is 19.4. The smallest absolute Gasteiger partial charge is 0.471 e. The van der Waals surface area contributed by atoms with Crippen molar-refractivity contribution in [1.29, 1.82) is 0 Å². The highest BCUT2D eigenvalue weighted by Gasteiger charge is 2.44. The Hall–Kier alpha value is -4.71. The fraction of sp³-hybridized carbons (Fsp3) is 0.658. The number of hydrogen-bond acceptors (Lipinski definition) is 10. The number of halogens is 6. The molecule has 2 aromatic heterocycles. The van der Waals surface area contributed by atoms with E-state index in [0.717, 1.165) is 41.9 Å². The lowest BCUT2D eigenvalue weighted by Gasteiger charge is -2.36. The third kappa shape index (κ3) is 12.9. The van der Waals surface area contributed by atoms with Gasteiger partial charge in [0.1, 0.15) is 32.0 Å². The minimum Gasteiger partial charge on any atom is -0.486 e. The van der Waals surface area contributed by atoms with Gasteiger partial charge in [-0.3, -0.25) is 19.6 Å². The maximum atomic E-state index is 13.3. The van der Waals surface area contributed by atoms with Crippen LogP contribution in [0.5, 0.6) is 23.0 Å². The summed E-state index contributed by atoms with van der Waals surface area (Å²) in [5.74, 6) is -2.25. The van der Waals surface area contributed by atoms with E-state index in [2.05, 4.69) is 9.97 Å². The predicted octanol–water partition coefficient (Wildman–Crippen LogP) is 6.71. The van der Waals surface area contributed by atoms with Crippen LogP contribution >= 0.6 is 0 Å². The lowest BCUT2D eigenvalue weighted by Crippen LogP contribution is -2.48. The summed E-state index contributed by atoms with van der Waals surface area (Å²) in [4.78, 5) is 47.7. The molecule has 0 bridgehead atoms. The van der Waals surface area contributed by atoms with Crippen LogP contribution < -0.4 is 18.9 Å². The van der Waals surface area contributed by atoms with Crippen molar-refractivity contribution < 1.29 is 64.4 Å². The van der Waals surface area contributed by atoms with Crippen LogP contribution in [0.25, 0.3) is 0 Å². The normalized spacial score (nSPS) is 18.5. The summed E-state index contributed by atoms with van der Waals surface area (Å²) in [5, 5.41) is 0. The second kappa shape index (κ2) is 18.7. The molecule has 57 heavy (non-hydrogen) atoms. The van der Waals surface area contributed by atoms with Gasteiger partial charge in [0.25, 0.3) is 0 Å². The van der Waals surface area contributed by atoms with E-state index in [4.69, 9.17) is 23.7 Å². The van der Waals surface area contributed by atoms with E-state index in [9.17, 15) is 40.7 Å². The molecule has 1 aliphatic carbocycles. The minimum atomic E-state index is -5.02. The van der Waals surface area contributed by atoms with Gasteiger partial charge in [-0.15, -0.1) is 0 Å². The molecule has 0 aromatic carbocycles. The van der Waals surface area contributed by atoms with Gasteiger partial charge >= 0.3 is 30.3 Å². The fourth-order valence-corrected chi connectivity index (χ4v) is 7.04. The lowest BCUT2D eigenvalue weighted by molar-refractivity contribution is -0.187. The summed E-state index contributed by atoms with van der Waals surface area (Å²) in [6.07, 6.45) is -1.58. The number of fused-ring (bicyclic) bond motifs is 2. The minimum absolute atomic E-state index is 0.106. The number of ether oxygens (including phenoxy) is 5. The molecule has 1 unspecified atom stereocenters. The standard InChI is InChI=1S/C21H28F3N3O5.C17H21F3N2O3/c1-20(2,3)32-19(29)26-6-4-5-14(11-26)12-27(18(28)21(22,23)24)13-15-9-16-17(10-25-15)31-8-7-30-16;18-17(19,20)16(23)22(10-12-4-2-1-3-5-12)11-13-8-14-15(9-21-13)25-7-6-24-14/h9-10,14H,4-8,11-13H2,1-3H3;8-9,12H,1-7,10-11H2. The monoisotopic (exact) mass is 817 g/mol. The zero-order valence-electron chi connectivity index (χ0n) is 32.3. The maximum Gasteiger partial charge on any atom is 0.471 e. The molecule has 2 fully saturated rings. The molecule has 13 nitrogen and oxygen atoms in total. The molecule has 19 heteroatoms. The van der Waals surface area contributed by atoms with E-state index in [1.807, 2.05) is 0 Å². The number of carbonyl (C=O) groups is 3. The Bertz CT molecular complexity index is 1700. The summed E-state index contributed by atoms with van der Waals surface area (Å²) in [6, 6.07) is 3.03. The number of hydrogen-bond donors (Lipinski definition) is 0. The first-order valence-electron chi connectivity index (χ1n) is 19.0. The summed E-state index contributed by atoms with van der Waals surface area (Å²) >= 11 is 0. The molecule has 1 atom stereocenters. The van der Waals surface area contributed by atoms with Gasteiger partial charge in [0.15, 0.2) is 23.0 Å². The van der Waals surface area contributed by atoms with Gasteiger partial charge in [-0.2, -0.15) is 26.3 Å². The summed E-state index contributed by atoms with van der Waals surface area (Å²) in [6.45, 7) is 6.81. The van der Waals surface area contributed by atoms with E-state index in [1.165, 1.54) is 23.4 Å². The average Bonchev–Trinajstić information content (AvgIpc) is 3.16. The Labute approximate surface area is 326 Å². The number of alkyl halides is 6. The number of aromatic nitrogens is 2. The first-order valence-corrected chi connectivity index (χ1v) is 19.0. The van der Waals surface area contributed by atoms with E-state index < -0.39 is 35.9 Å². The van der Waals surface area contributed by atoms with Crippen LogP contribution in [0, 0.1) is 11.8 Å². The van der Waals surface area contributed by atoms with E-state index in [-0.39, 0.29) is 50.3 Å². The van der Waals surface area contributed by atoms with Crippen molar-refractivity contribution in [3.63, 3.8) is 0 Å². The van der Waals surface area contributed by atoms with Crippen molar-refractivity contribution in [3.8, 4) is 23.0 Å². The molecule has 3 amide bonds. The maximum absolute atomic E-state index is 13.3. The third-order valence-electron chi connectivity index (χ3n) is 9.59. The molecule has 316 valence electrons. The Morgan fingerprint density at radius 2 is 1.12 bits per heavy atom. The molecule has 2 aromatic rings. The molecule has 0 spiro atoms. The van der Waals surface area contributed by atoms with Crippen molar-refractivity contribution in [2.75, 3.05) is 52.6 Å². The van der Waals surface area contributed by atoms with Gasteiger partial charge in [0.05, 0.1) is 36.9 Å². The Balaban J connectivity index is 0.000000224. The molecular formula is C38H49F6N5O8. The van der Waals surface area contributed by atoms with Crippen molar-refractivity contribution in [2.24, 2.45) is 11.8 Å². The van der Waals surface area contributed by atoms with Crippen molar-refractivity contribution in [1.82, 2.24) is 24.7 Å². The second-order valence-electron chi connectivity index (χ2n) is 15.4. The zero-order chi connectivity index (χ0) is 41.4. The largest absolute Gasteiger partial charge is 0.486 e. The van der Waals surface area contributed by atoms with E-state index in [1.54, 1.807) is 26.8 Å². The number of likely N-dealkylation sites (tertiary alicyclic amines) is 1. The van der Waals surface area contributed by atoms with Gasteiger partial charge < -0.3 is 38.4 Å². The van der Waals surface area contributed by atoms with Crippen LogP contribution in [0.3, 0.4) is 0 Å². The Morgan fingerprint density at radius 1 is 0.684 bits per heavy atom.